The molecule has 0 aliphatic rings. The summed E-state index contributed by atoms with van der Waals surface area (Å²) in [6.07, 6.45) is -0.437. The van der Waals surface area contributed by atoms with E-state index >= 15 is 0 Å². The average molecular weight is 314 g/mol. The van der Waals surface area contributed by atoms with Gasteiger partial charge < -0.3 is 14.8 Å². The molecule has 114 valence electrons. The van der Waals surface area contributed by atoms with Crippen molar-refractivity contribution >= 4 is 11.3 Å². The first-order valence-electron chi connectivity index (χ1n) is 7.43. The molecule has 0 fully saturated rings. The monoisotopic (exact) mass is 314 g/mol. The molecule has 1 aromatic carbocycles. The van der Waals surface area contributed by atoms with Crippen molar-refractivity contribution in [3.05, 3.63) is 70.1 Å². The third-order valence-corrected chi connectivity index (χ3v) is 4.51. The van der Waals surface area contributed by atoms with Gasteiger partial charge in [0.05, 0.1) is 11.0 Å². The summed E-state index contributed by atoms with van der Waals surface area (Å²) in [5.41, 5.74) is 1.95. The lowest BCUT2D eigenvalue weighted by molar-refractivity contribution is -0.687. The molecule has 2 heterocycles. The van der Waals surface area contributed by atoms with E-state index in [-0.39, 0.29) is 0 Å². The predicted molar refractivity (Wildman–Crippen MR) is 88.4 cm³/mol. The smallest absolute Gasteiger partial charge is 0.158 e. The van der Waals surface area contributed by atoms with Gasteiger partial charge in [0, 0.05) is 5.56 Å². The van der Waals surface area contributed by atoms with Crippen LogP contribution < -0.4 is 5.32 Å². The topological polar surface area (TPSA) is 50.0 Å². The Labute approximate surface area is 134 Å². The van der Waals surface area contributed by atoms with Gasteiger partial charge in [0.15, 0.2) is 5.76 Å². The molecule has 0 bridgehead atoms. The van der Waals surface area contributed by atoms with E-state index in [0.717, 1.165) is 35.7 Å². The molecule has 1 atom stereocenters. The molecule has 0 radical (unpaired) electrons. The number of hydrogen-bond donors (Lipinski definition) is 2. The SMILES string of the molecule is C[C@H](O)c1ccc(-c2ccc(C[NH2+]Cc3cccs3)o2)cc1. The molecule has 3 aromatic rings. The van der Waals surface area contributed by atoms with Crippen molar-refractivity contribution in [2.45, 2.75) is 26.1 Å². The van der Waals surface area contributed by atoms with Gasteiger partial charge in [-0.3, -0.25) is 0 Å². The van der Waals surface area contributed by atoms with E-state index in [4.69, 9.17) is 4.42 Å². The second-order valence-corrected chi connectivity index (χ2v) is 6.37. The van der Waals surface area contributed by atoms with Crippen molar-refractivity contribution in [1.82, 2.24) is 0 Å². The van der Waals surface area contributed by atoms with Crippen LogP contribution in [-0.2, 0) is 13.1 Å². The van der Waals surface area contributed by atoms with E-state index in [1.165, 1.54) is 4.88 Å². The first-order valence-corrected chi connectivity index (χ1v) is 8.31. The van der Waals surface area contributed by atoms with Gasteiger partial charge in [-0.1, -0.05) is 30.3 Å². The van der Waals surface area contributed by atoms with E-state index in [9.17, 15) is 5.11 Å². The van der Waals surface area contributed by atoms with Crippen LogP contribution >= 0.6 is 11.3 Å². The zero-order valence-corrected chi connectivity index (χ0v) is 13.3. The fraction of sp³-hybridized carbons (Fsp3) is 0.222. The molecular weight excluding hydrogens is 294 g/mol. The summed E-state index contributed by atoms with van der Waals surface area (Å²) in [5.74, 6) is 1.85. The molecule has 0 saturated carbocycles. The van der Waals surface area contributed by atoms with Crippen molar-refractivity contribution < 1.29 is 14.8 Å². The van der Waals surface area contributed by atoms with E-state index in [0.29, 0.717) is 0 Å². The minimum Gasteiger partial charge on any atom is -0.455 e. The Bertz CT molecular complexity index is 699. The number of furan rings is 1. The molecule has 0 saturated heterocycles. The van der Waals surface area contributed by atoms with Gasteiger partial charge in [0.2, 0.25) is 0 Å². The Hall–Kier alpha value is -1.88. The molecule has 22 heavy (non-hydrogen) atoms. The van der Waals surface area contributed by atoms with Gasteiger partial charge in [0.1, 0.15) is 18.8 Å². The number of hydrogen-bond acceptors (Lipinski definition) is 3. The van der Waals surface area contributed by atoms with Gasteiger partial charge in [0.25, 0.3) is 0 Å². The Balaban J connectivity index is 1.60. The van der Waals surface area contributed by atoms with Crippen molar-refractivity contribution in [3.8, 4) is 11.3 Å². The zero-order chi connectivity index (χ0) is 15.4. The summed E-state index contributed by atoms with van der Waals surface area (Å²) in [4.78, 5) is 1.38. The van der Waals surface area contributed by atoms with E-state index < -0.39 is 6.10 Å². The summed E-state index contributed by atoms with van der Waals surface area (Å²) in [6.45, 7) is 3.59. The lowest BCUT2D eigenvalue weighted by atomic mass is 10.1. The van der Waals surface area contributed by atoms with Crippen LogP contribution in [0, 0.1) is 0 Å². The first kappa shape index (κ1) is 15.0. The molecular formula is C18H20NO2S+. The maximum absolute atomic E-state index is 9.54. The summed E-state index contributed by atoms with van der Waals surface area (Å²) >= 11 is 1.78. The van der Waals surface area contributed by atoms with Crippen LogP contribution in [0.1, 0.15) is 29.2 Å². The predicted octanol–water partition coefficient (Wildman–Crippen LogP) is 3.33. The quantitative estimate of drug-likeness (QED) is 0.733. The van der Waals surface area contributed by atoms with Crippen LogP contribution in [-0.4, -0.2) is 5.11 Å². The normalized spacial score (nSPS) is 12.5. The van der Waals surface area contributed by atoms with Crippen molar-refractivity contribution in [2.75, 3.05) is 0 Å². The van der Waals surface area contributed by atoms with E-state index in [1.807, 2.05) is 36.4 Å². The van der Waals surface area contributed by atoms with Gasteiger partial charge in [-0.25, -0.2) is 0 Å². The second-order valence-electron chi connectivity index (χ2n) is 5.34. The van der Waals surface area contributed by atoms with Crippen LogP contribution in [0.4, 0.5) is 0 Å². The molecule has 2 aromatic heterocycles. The fourth-order valence-corrected chi connectivity index (χ4v) is 3.06. The van der Waals surface area contributed by atoms with Crippen molar-refractivity contribution in [2.24, 2.45) is 0 Å². The molecule has 3 rings (SSSR count). The second kappa shape index (κ2) is 6.92. The number of aliphatic hydroxyl groups is 1. The molecule has 0 spiro atoms. The lowest BCUT2D eigenvalue weighted by Gasteiger charge is -2.04. The maximum Gasteiger partial charge on any atom is 0.158 e. The number of quaternary nitrogens is 1. The number of thiophene rings is 1. The molecule has 0 unspecified atom stereocenters. The Morgan fingerprint density at radius 1 is 1.09 bits per heavy atom. The summed E-state index contributed by atoms with van der Waals surface area (Å²) in [5, 5.41) is 13.9. The number of aliphatic hydroxyl groups excluding tert-OH is 1. The maximum atomic E-state index is 9.54. The van der Waals surface area contributed by atoms with Crippen molar-refractivity contribution in [1.29, 1.82) is 0 Å². The highest BCUT2D eigenvalue weighted by atomic mass is 32.1. The Morgan fingerprint density at radius 2 is 1.91 bits per heavy atom. The van der Waals surface area contributed by atoms with Crippen LogP contribution in [0.2, 0.25) is 0 Å². The van der Waals surface area contributed by atoms with Gasteiger partial charge in [-0.05, 0) is 36.1 Å². The fourth-order valence-electron chi connectivity index (χ4n) is 2.35. The highest BCUT2D eigenvalue weighted by Gasteiger charge is 2.07. The molecule has 0 aliphatic heterocycles. The van der Waals surface area contributed by atoms with E-state index in [1.54, 1.807) is 18.3 Å². The zero-order valence-electron chi connectivity index (χ0n) is 12.5. The van der Waals surface area contributed by atoms with E-state index in [2.05, 4.69) is 22.8 Å². The number of benzene rings is 1. The third-order valence-electron chi connectivity index (χ3n) is 3.61. The highest BCUT2D eigenvalue weighted by Crippen LogP contribution is 2.23. The van der Waals surface area contributed by atoms with Crippen LogP contribution in [0.3, 0.4) is 0 Å². The van der Waals surface area contributed by atoms with Gasteiger partial charge >= 0.3 is 0 Å². The Morgan fingerprint density at radius 3 is 2.59 bits per heavy atom. The average Bonchev–Trinajstić information content (AvgIpc) is 3.19. The minimum atomic E-state index is -0.437. The van der Waals surface area contributed by atoms with Gasteiger partial charge in [-0.15, -0.1) is 11.3 Å². The molecule has 0 amide bonds. The van der Waals surface area contributed by atoms with Crippen molar-refractivity contribution in [3.63, 3.8) is 0 Å². The number of nitrogens with two attached hydrogens (primary N) is 1. The summed E-state index contributed by atoms with van der Waals surface area (Å²) < 4.78 is 5.90. The summed E-state index contributed by atoms with van der Waals surface area (Å²) in [6, 6.07) is 16.1. The lowest BCUT2D eigenvalue weighted by Crippen LogP contribution is -2.80. The third kappa shape index (κ3) is 3.65. The minimum absolute atomic E-state index is 0.437. The molecule has 3 nitrogen and oxygen atoms in total. The number of rotatable bonds is 6. The van der Waals surface area contributed by atoms with Gasteiger partial charge in [-0.2, -0.15) is 0 Å². The molecule has 4 heteroatoms. The summed E-state index contributed by atoms with van der Waals surface area (Å²) in [7, 11) is 0. The van der Waals surface area contributed by atoms with Crippen LogP contribution in [0.15, 0.2) is 58.3 Å². The largest absolute Gasteiger partial charge is 0.455 e. The standard InChI is InChI=1S/C18H19NO2S/c1-13(20)14-4-6-15(7-5-14)18-9-8-16(21-18)11-19-12-17-3-2-10-22-17/h2-10,13,19-20H,11-12H2,1H3/p+1/t13-/m0/s1. The first-order chi connectivity index (χ1) is 10.7. The molecule has 3 N–H and O–H groups in total. The van der Waals surface area contributed by atoms with Crippen LogP contribution in [0.5, 0.6) is 0 Å². The Kier molecular flexibility index (Phi) is 4.73. The molecule has 0 aliphatic carbocycles. The highest BCUT2D eigenvalue weighted by molar-refractivity contribution is 7.09. The van der Waals surface area contributed by atoms with Crippen LogP contribution in [0.25, 0.3) is 11.3 Å².